The normalized spacial score (nSPS) is 45.3. The largest absolute Gasteiger partial charge is 0.462 e. The summed E-state index contributed by atoms with van der Waals surface area (Å²) in [5, 5.41) is 25.3. The van der Waals surface area contributed by atoms with Crippen LogP contribution in [0.3, 0.4) is 0 Å². The molecule has 9 nitrogen and oxygen atoms in total. The monoisotopic (exact) mass is 527 g/mol. The van der Waals surface area contributed by atoms with Gasteiger partial charge in [-0.25, -0.2) is 0 Å². The standard InChI is InChI=1S/C28H49NO8/c1-10-21-15(4)25(32)16(5)23(30)13(2)11-14(3)24(31)17(6)27(18(7)28(34)36-21)37-22-12-20(29-9)26(33)19(8)35-22/h13-22,24-25,27,29,31-32H,10-12H2,1-9H3/t13-,14+,15+,16+,17-,18-,19-,20?,21-,22+,24+,25+,27+/m1/s1. The van der Waals surface area contributed by atoms with Gasteiger partial charge in [-0.1, -0.05) is 41.5 Å². The minimum atomic E-state index is -0.967. The fourth-order valence-corrected chi connectivity index (χ4v) is 5.93. The molecule has 2 heterocycles. The first-order chi connectivity index (χ1) is 17.2. The lowest BCUT2D eigenvalue weighted by molar-refractivity contribution is -0.235. The Morgan fingerprint density at radius 2 is 1.51 bits per heavy atom. The fourth-order valence-electron chi connectivity index (χ4n) is 5.93. The number of cyclic esters (lactones) is 1. The number of likely N-dealkylation sites (N-methyl/N-ethyl adjacent to an activating group) is 1. The van der Waals surface area contributed by atoms with E-state index in [0.717, 1.165) is 0 Å². The summed E-state index contributed by atoms with van der Waals surface area (Å²) in [5.41, 5.74) is 0. The summed E-state index contributed by atoms with van der Waals surface area (Å²) in [6, 6.07) is -0.436. The van der Waals surface area contributed by atoms with E-state index in [9.17, 15) is 24.6 Å². The Kier molecular flexibility index (Phi) is 11.7. The van der Waals surface area contributed by atoms with Gasteiger partial charge in [-0.3, -0.25) is 14.4 Å². The molecule has 0 radical (unpaired) electrons. The number of carbonyl (C=O) groups excluding carboxylic acids is 3. The summed E-state index contributed by atoms with van der Waals surface area (Å²) in [5.74, 6) is -3.57. The highest BCUT2D eigenvalue weighted by atomic mass is 16.7. The van der Waals surface area contributed by atoms with Crippen LogP contribution in [0.5, 0.6) is 0 Å². The minimum absolute atomic E-state index is 0.0614. The van der Waals surface area contributed by atoms with E-state index >= 15 is 0 Å². The van der Waals surface area contributed by atoms with Gasteiger partial charge in [0.1, 0.15) is 18.0 Å². The third-order valence-corrected chi connectivity index (χ3v) is 8.66. The fraction of sp³-hybridized carbons (Fsp3) is 0.893. The van der Waals surface area contributed by atoms with E-state index in [4.69, 9.17) is 14.2 Å². The number of ether oxygens (including phenoxy) is 3. The van der Waals surface area contributed by atoms with Crippen molar-refractivity contribution in [3.05, 3.63) is 0 Å². The second-order valence-corrected chi connectivity index (χ2v) is 11.5. The quantitative estimate of drug-likeness (QED) is 0.472. The molecule has 2 aliphatic heterocycles. The van der Waals surface area contributed by atoms with E-state index in [1.165, 1.54) is 0 Å². The Morgan fingerprint density at radius 1 is 0.892 bits per heavy atom. The Balaban J connectivity index is 2.41. The van der Waals surface area contributed by atoms with Crippen molar-refractivity contribution in [3.8, 4) is 0 Å². The number of Topliss-reactive ketones (excluding diaryl/α,β-unsaturated/α-hetero) is 2. The molecule has 214 valence electrons. The third-order valence-electron chi connectivity index (χ3n) is 8.66. The number of carbonyl (C=O) groups is 3. The van der Waals surface area contributed by atoms with Crippen LogP contribution in [-0.2, 0) is 28.6 Å². The average Bonchev–Trinajstić information content (AvgIpc) is 2.88. The van der Waals surface area contributed by atoms with Gasteiger partial charge in [0.25, 0.3) is 0 Å². The summed E-state index contributed by atoms with van der Waals surface area (Å²) in [7, 11) is 1.71. The number of aliphatic hydroxyl groups is 2. The maximum absolute atomic E-state index is 13.4. The molecule has 0 aliphatic carbocycles. The van der Waals surface area contributed by atoms with E-state index in [1.54, 1.807) is 34.7 Å². The number of rotatable bonds is 4. The van der Waals surface area contributed by atoms with E-state index < -0.39 is 72.5 Å². The molecule has 9 heteroatoms. The van der Waals surface area contributed by atoms with Gasteiger partial charge in [-0.2, -0.15) is 0 Å². The molecule has 3 N–H and O–H groups in total. The molecule has 2 rings (SSSR count). The topological polar surface area (TPSA) is 131 Å². The highest BCUT2D eigenvalue weighted by Crippen LogP contribution is 2.33. The second kappa shape index (κ2) is 13.6. The van der Waals surface area contributed by atoms with Crippen molar-refractivity contribution in [2.75, 3.05) is 7.05 Å². The lowest BCUT2D eigenvalue weighted by atomic mass is 9.77. The Morgan fingerprint density at radius 3 is 2.08 bits per heavy atom. The van der Waals surface area contributed by atoms with Crippen molar-refractivity contribution in [1.29, 1.82) is 0 Å². The SMILES string of the molecule is CC[C@H]1OC(=O)[C@H](C)[C@@H](O[C@H]2CC(NC)C(=O)[C@@H](C)O2)[C@H](C)[C@@H](O)[C@@H](C)C[C@@H](C)C(=O)[C@H](C)[C@@H](O)[C@H]1C. The third kappa shape index (κ3) is 7.38. The average molecular weight is 528 g/mol. The zero-order valence-electron chi connectivity index (χ0n) is 24.0. The molecule has 0 saturated carbocycles. The molecule has 1 unspecified atom stereocenters. The van der Waals surface area contributed by atoms with Crippen LogP contribution in [-0.4, -0.2) is 77.6 Å². The van der Waals surface area contributed by atoms with Crippen LogP contribution in [0.2, 0.25) is 0 Å². The molecule has 0 bridgehead atoms. The molecule has 0 aromatic heterocycles. The summed E-state index contributed by atoms with van der Waals surface area (Å²) in [6.07, 6.45) is -3.42. The van der Waals surface area contributed by atoms with Crippen LogP contribution in [0, 0.1) is 35.5 Å². The smallest absolute Gasteiger partial charge is 0.311 e. The maximum atomic E-state index is 13.4. The first kappa shape index (κ1) is 31.8. The number of ketones is 2. The van der Waals surface area contributed by atoms with Crippen LogP contribution in [0.1, 0.15) is 74.7 Å². The highest BCUT2D eigenvalue weighted by molar-refractivity contribution is 5.88. The van der Waals surface area contributed by atoms with Crippen molar-refractivity contribution in [2.45, 2.75) is 118 Å². The molecule has 2 aliphatic rings. The Hall–Kier alpha value is -1.39. The molecule has 0 aromatic carbocycles. The van der Waals surface area contributed by atoms with Crippen molar-refractivity contribution >= 4 is 17.5 Å². The number of aliphatic hydroxyl groups excluding tert-OH is 2. The molecule has 0 aromatic rings. The zero-order chi connectivity index (χ0) is 28.2. The van der Waals surface area contributed by atoms with Gasteiger partial charge >= 0.3 is 5.97 Å². The lowest BCUT2D eigenvalue weighted by Gasteiger charge is -2.40. The number of hydrogen-bond acceptors (Lipinski definition) is 9. The molecule has 13 atom stereocenters. The van der Waals surface area contributed by atoms with Crippen molar-refractivity contribution < 1.29 is 38.8 Å². The van der Waals surface area contributed by atoms with Crippen molar-refractivity contribution in [1.82, 2.24) is 5.32 Å². The minimum Gasteiger partial charge on any atom is -0.462 e. The Labute approximate surface area is 222 Å². The van der Waals surface area contributed by atoms with Gasteiger partial charge < -0.3 is 29.7 Å². The van der Waals surface area contributed by atoms with Crippen LogP contribution in [0.15, 0.2) is 0 Å². The number of hydrogen-bond donors (Lipinski definition) is 3. The first-order valence-electron chi connectivity index (χ1n) is 13.9. The zero-order valence-corrected chi connectivity index (χ0v) is 24.0. The van der Waals surface area contributed by atoms with Crippen molar-refractivity contribution in [2.24, 2.45) is 35.5 Å². The van der Waals surface area contributed by atoms with Gasteiger partial charge in [0.2, 0.25) is 0 Å². The summed E-state index contributed by atoms with van der Waals surface area (Å²) in [6.45, 7) is 14.3. The predicted octanol–water partition coefficient (Wildman–Crippen LogP) is 2.50. The molecule has 0 spiro atoms. The molecule has 0 amide bonds. The van der Waals surface area contributed by atoms with Crippen LogP contribution in [0.4, 0.5) is 0 Å². The summed E-state index contributed by atoms with van der Waals surface area (Å²) >= 11 is 0. The van der Waals surface area contributed by atoms with Crippen LogP contribution < -0.4 is 5.32 Å². The number of nitrogens with one attached hydrogen (secondary N) is 1. The summed E-state index contributed by atoms with van der Waals surface area (Å²) in [4.78, 5) is 38.9. The van der Waals surface area contributed by atoms with E-state index in [1.807, 2.05) is 27.7 Å². The van der Waals surface area contributed by atoms with E-state index in [0.29, 0.717) is 12.8 Å². The van der Waals surface area contributed by atoms with Crippen LogP contribution >= 0.6 is 0 Å². The molecule has 2 saturated heterocycles. The molecule has 2 fully saturated rings. The highest BCUT2D eigenvalue weighted by Gasteiger charge is 2.43. The van der Waals surface area contributed by atoms with Gasteiger partial charge in [0.05, 0.1) is 30.3 Å². The van der Waals surface area contributed by atoms with Crippen LogP contribution in [0.25, 0.3) is 0 Å². The predicted molar refractivity (Wildman–Crippen MR) is 138 cm³/mol. The van der Waals surface area contributed by atoms with E-state index in [2.05, 4.69) is 5.32 Å². The van der Waals surface area contributed by atoms with Gasteiger partial charge in [-0.15, -0.1) is 0 Å². The van der Waals surface area contributed by atoms with Gasteiger partial charge in [-0.05, 0) is 39.7 Å². The maximum Gasteiger partial charge on any atom is 0.311 e. The van der Waals surface area contributed by atoms with Gasteiger partial charge in [0, 0.05) is 30.1 Å². The molecular formula is C28H49NO8. The number of esters is 1. The van der Waals surface area contributed by atoms with E-state index in [-0.39, 0.29) is 29.8 Å². The lowest BCUT2D eigenvalue weighted by Crippen LogP contribution is -2.53. The first-order valence-corrected chi connectivity index (χ1v) is 13.9. The Bertz CT molecular complexity index is 790. The van der Waals surface area contributed by atoms with Crippen molar-refractivity contribution in [3.63, 3.8) is 0 Å². The molecule has 37 heavy (non-hydrogen) atoms. The second-order valence-electron chi connectivity index (χ2n) is 11.5. The van der Waals surface area contributed by atoms with Gasteiger partial charge in [0.15, 0.2) is 12.1 Å². The molecular weight excluding hydrogens is 478 g/mol. The summed E-state index contributed by atoms with van der Waals surface area (Å²) < 4.78 is 18.1.